The van der Waals surface area contributed by atoms with Crippen LogP contribution in [0.3, 0.4) is 0 Å². The molecule has 1 saturated heterocycles. The van der Waals surface area contributed by atoms with Gasteiger partial charge in [0.25, 0.3) is 0 Å². The molecule has 2 rings (SSSR count). The van der Waals surface area contributed by atoms with Crippen LogP contribution in [0, 0.1) is 0 Å². The Balaban J connectivity index is 0.00000264. The molecule has 1 aliphatic heterocycles. The molecule has 6 heteroatoms. The van der Waals surface area contributed by atoms with Crippen molar-refractivity contribution < 1.29 is 9.59 Å². The molecule has 1 aliphatic rings. The summed E-state index contributed by atoms with van der Waals surface area (Å²) in [7, 11) is 1.88. The summed E-state index contributed by atoms with van der Waals surface area (Å²) in [6, 6.07) is 7.87. The average Bonchev–Trinajstić information content (AvgIpc) is 2.94. The van der Waals surface area contributed by atoms with Crippen molar-refractivity contribution in [1.82, 2.24) is 10.6 Å². The highest BCUT2D eigenvalue weighted by atomic mass is 35.5. The van der Waals surface area contributed by atoms with Gasteiger partial charge in [0, 0.05) is 25.1 Å². The maximum Gasteiger partial charge on any atom is 0.227 e. The molecule has 1 aromatic rings. The lowest BCUT2D eigenvalue weighted by Crippen LogP contribution is -2.27. The standard InChI is InChI=1S/C17H25N3O2.ClH/c1-13(19-16(21)5-3-11-18-2)14-7-9-15(10-8-14)20-12-4-6-17(20)22;/h7-10,13,18H,3-6,11-12H2,1-2H3,(H,19,21);1H. The van der Waals surface area contributed by atoms with Gasteiger partial charge in [0.15, 0.2) is 0 Å². The third kappa shape index (κ3) is 5.52. The second kappa shape index (κ2) is 9.53. The van der Waals surface area contributed by atoms with Crippen LogP contribution in [0.25, 0.3) is 0 Å². The van der Waals surface area contributed by atoms with Gasteiger partial charge >= 0.3 is 0 Å². The van der Waals surface area contributed by atoms with Gasteiger partial charge in [0.05, 0.1) is 6.04 Å². The summed E-state index contributed by atoms with van der Waals surface area (Å²) in [4.78, 5) is 25.4. The topological polar surface area (TPSA) is 61.4 Å². The number of hydrogen-bond acceptors (Lipinski definition) is 3. The number of nitrogens with one attached hydrogen (secondary N) is 2. The molecule has 5 nitrogen and oxygen atoms in total. The van der Waals surface area contributed by atoms with Crippen molar-refractivity contribution in [3.05, 3.63) is 29.8 Å². The van der Waals surface area contributed by atoms with Crippen molar-refractivity contribution in [3.8, 4) is 0 Å². The van der Waals surface area contributed by atoms with Gasteiger partial charge in [-0.25, -0.2) is 0 Å². The molecule has 0 saturated carbocycles. The van der Waals surface area contributed by atoms with Crippen molar-refractivity contribution in [2.45, 2.75) is 38.6 Å². The van der Waals surface area contributed by atoms with Crippen LogP contribution in [0.4, 0.5) is 5.69 Å². The largest absolute Gasteiger partial charge is 0.350 e. The Kier molecular flexibility index (Phi) is 8.06. The molecule has 0 aliphatic carbocycles. The molecule has 0 radical (unpaired) electrons. The minimum atomic E-state index is -0.0228. The van der Waals surface area contributed by atoms with Gasteiger partial charge in [-0.15, -0.1) is 12.4 Å². The quantitative estimate of drug-likeness (QED) is 0.750. The van der Waals surface area contributed by atoms with Crippen molar-refractivity contribution in [3.63, 3.8) is 0 Å². The second-order valence-electron chi connectivity index (χ2n) is 5.74. The molecule has 0 bridgehead atoms. The van der Waals surface area contributed by atoms with Gasteiger partial charge < -0.3 is 15.5 Å². The Morgan fingerprint density at radius 3 is 2.57 bits per heavy atom. The van der Waals surface area contributed by atoms with Crippen LogP contribution in [0.1, 0.15) is 44.2 Å². The highest BCUT2D eigenvalue weighted by Gasteiger charge is 2.21. The lowest BCUT2D eigenvalue weighted by Gasteiger charge is -2.18. The highest BCUT2D eigenvalue weighted by molar-refractivity contribution is 5.95. The van der Waals surface area contributed by atoms with Crippen LogP contribution < -0.4 is 15.5 Å². The summed E-state index contributed by atoms with van der Waals surface area (Å²) in [5, 5.41) is 6.04. The fraction of sp³-hybridized carbons (Fsp3) is 0.529. The van der Waals surface area contributed by atoms with Crippen molar-refractivity contribution in [2.75, 3.05) is 25.0 Å². The Labute approximate surface area is 144 Å². The predicted octanol–water partition coefficient (Wildman–Crippen LogP) is 2.41. The fourth-order valence-corrected chi connectivity index (χ4v) is 2.69. The maximum absolute atomic E-state index is 11.8. The summed E-state index contributed by atoms with van der Waals surface area (Å²) in [5.74, 6) is 0.264. The molecule has 1 aromatic carbocycles. The fourth-order valence-electron chi connectivity index (χ4n) is 2.69. The molecular formula is C17H26ClN3O2. The highest BCUT2D eigenvalue weighted by Crippen LogP contribution is 2.23. The first-order chi connectivity index (χ1) is 10.6. The Morgan fingerprint density at radius 1 is 1.30 bits per heavy atom. The van der Waals surface area contributed by atoms with Crippen LogP contribution in [0.15, 0.2) is 24.3 Å². The lowest BCUT2D eigenvalue weighted by atomic mass is 10.1. The SMILES string of the molecule is CNCCCC(=O)NC(C)c1ccc(N2CCCC2=O)cc1.Cl. The second-order valence-corrected chi connectivity index (χ2v) is 5.74. The number of carbonyl (C=O) groups excluding carboxylic acids is 2. The van der Waals surface area contributed by atoms with Gasteiger partial charge in [0.1, 0.15) is 0 Å². The smallest absolute Gasteiger partial charge is 0.227 e. The third-order valence-electron chi connectivity index (χ3n) is 3.99. The zero-order valence-electron chi connectivity index (χ0n) is 13.8. The maximum atomic E-state index is 11.8. The predicted molar refractivity (Wildman–Crippen MR) is 95.0 cm³/mol. The zero-order chi connectivity index (χ0) is 15.9. The van der Waals surface area contributed by atoms with E-state index in [0.29, 0.717) is 12.8 Å². The minimum absolute atomic E-state index is 0. The molecule has 1 atom stereocenters. The van der Waals surface area contributed by atoms with Gasteiger partial charge in [-0.1, -0.05) is 12.1 Å². The number of nitrogens with zero attached hydrogens (tertiary/aromatic N) is 1. The number of anilines is 1. The van der Waals surface area contributed by atoms with E-state index in [4.69, 9.17) is 0 Å². The van der Waals surface area contributed by atoms with E-state index in [-0.39, 0.29) is 30.3 Å². The van der Waals surface area contributed by atoms with E-state index in [1.807, 2.05) is 43.1 Å². The Morgan fingerprint density at radius 2 is 2.00 bits per heavy atom. The van der Waals surface area contributed by atoms with Crippen molar-refractivity contribution >= 4 is 29.9 Å². The van der Waals surface area contributed by atoms with E-state index in [1.165, 1.54) is 0 Å². The lowest BCUT2D eigenvalue weighted by molar-refractivity contribution is -0.121. The van der Waals surface area contributed by atoms with Crippen LogP contribution in [-0.4, -0.2) is 32.0 Å². The van der Waals surface area contributed by atoms with Crippen LogP contribution in [0.2, 0.25) is 0 Å². The average molecular weight is 340 g/mol. The molecule has 2 amide bonds. The summed E-state index contributed by atoms with van der Waals surface area (Å²) in [6.07, 6.45) is 2.94. The molecule has 1 heterocycles. The molecule has 128 valence electrons. The third-order valence-corrected chi connectivity index (χ3v) is 3.99. The normalized spacial score (nSPS) is 15.2. The summed E-state index contributed by atoms with van der Waals surface area (Å²) in [5.41, 5.74) is 2.00. The molecule has 1 fully saturated rings. The van der Waals surface area contributed by atoms with E-state index in [0.717, 1.165) is 37.2 Å². The molecule has 1 unspecified atom stereocenters. The van der Waals surface area contributed by atoms with Crippen molar-refractivity contribution in [1.29, 1.82) is 0 Å². The zero-order valence-corrected chi connectivity index (χ0v) is 14.6. The number of benzene rings is 1. The van der Waals surface area contributed by atoms with E-state index >= 15 is 0 Å². The molecule has 2 N–H and O–H groups in total. The van der Waals surface area contributed by atoms with Crippen LogP contribution in [0.5, 0.6) is 0 Å². The van der Waals surface area contributed by atoms with Gasteiger partial charge in [-0.2, -0.15) is 0 Å². The Hall–Kier alpha value is -1.59. The first kappa shape index (κ1) is 19.5. The van der Waals surface area contributed by atoms with Crippen molar-refractivity contribution in [2.24, 2.45) is 0 Å². The van der Waals surface area contributed by atoms with Gasteiger partial charge in [-0.05, 0) is 51.1 Å². The summed E-state index contributed by atoms with van der Waals surface area (Å²) < 4.78 is 0. The monoisotopic (exact) mass is 339 g/mol. The number of hydrogen-bond donors (Lipinski definition) is 2. The van der Waals surface area contributed by atoms with E-state index in [9.17, 15) is 9.59 Å². The van der Waals surface area contributed by atoms with Crippen LogP contribution in [-0.2, 0) is 9.59 Å². The summed E-state index contributed by atoms with van der Waals surface area (Å²) in [6.45, 7) is 3.63. The first-order valence-corrected chi connectivity index (χ1v) is 7.96. The Bertz CT molecular complexity index is 519. The molecular weight excluding hydrogens is 314 g/mol. The number of amides is 2. The van der Waals surface area contributed by atoms with Gasteiger partial charge in [-0.3, -0.25) is 9.59 Å². The van der Waals surface area contributed by atoms with Crippen LogP contribution >= 0.6 is 12.4 Å². The number of carbonyl (C=O) groups is 2. The van der Waals surface area contributed by atoms with E-state index in [1.54, 1.807) is 0 Å². The molecule has 0 aromatic heterocycles. The minimum Gasteiger partial charge on any atom is -0.350 e. The van der Waals surface area contributed by atoms with E-state index < -0.39 is 0 Å². The summed E-state index contributed by atoms with van der Waals surface area (Å²) >= 11 is 0. The molecule has 0 spiro atoms. The first-order valence-electron chi connectivity index (χ1n) is 7.96. The number of halogens is 1. The number of rotatable bonds is 7. The van der Waals surface area contributed by atoms with Gasteiger partial charge in [0.2, 0.25) is 11.8 Å². The van der Waals surface area contributed by atoms with E-state index in [2.05, 4.69) is 10.6 Å². The molecule has 23 heavy (non-hydrogen) atoms.